The fourth-order valence-electron chi connectivity index (χ4n) is 1.24. The fraction of sp³-hybridized carbons (Fsp3) is 0.375. The largest absolute Gasteiger partial charge is 0.196 e. The molecule has 20 heavy (non-hydrogen) atoms. The van der Waals surface area contributed by atoms with Crippen molar-refractivity contribution in [2.75, 3.05) is 0 Å². The van der Waals surface area contributed by atoms with Gasteiger partial charge in [-0.25, -0.2) is 0 Å². The minimum absolute atomic E-state index is 0.573. The second kappa shape index (κ2) is 12.6. The van der Waals surface area contributed by atoms with Gasteiger partial charge in [-0.15, -0.1) is 0 Å². The lowest BCUT2D eigenvalue weighted by atomic mass is 9.96. The van der Waals surface area contributed by atoms with Crippen molar-refractivity contribution < 1.29 is 0 Å². The molecule has 0 saturated heterocycles. The average Bonchev–Trinajstić information content (AvgIpc) is 2.55. The molecule has 0 N–H and O–H groups in total. The highest BCUT2D eigenvalue weighted by atomic mass is 14.3. The maximum absolute atomic E-state index is 8.67. The molecule has 0 amide bonds. The van der Waals surface area contributed by atoms with Gasteiger partial charge in [0, 0.05) is 0 Å². The summed E-state index contributed by atoms with van der Waals surface area (Å²) in [6.45, 7) is 8.00. The van der Waals surface area contributed by atoms with Gasteiger partial charge in [0.15, 0.2) is 11.8 Å². The molecule has 0 spiro atoms. The van der Waals surface area contributed by atoms with Crippen LogP contribution in [0.1, 0.15) is 50.7 Å². The molecule has 0 fully saturated rings. The minimum Gasteiger partial charge on any atom is -0.196 e. The van der Waals surface area contributed by atoms with E-state index in [0.29, 0.717) is 11.1 Å². The van der Waals surface area contributed by atoms with Gasteiger partial charge in [-0.1, -0.05) is 52.0 Å². The van der Waals surface area contributed by atoms with Crippen LogP contribution >= 0.6 is 0 Å². The van der Waals surface area contributed by atoms with E-state index < -0.39 is 11.8 Å². The number of nitriles is 4. The molecule has 102 valence electrons. The smallest absolute Gasteiger partial charge is 0.158 e. The van der Waals surface area contributed by atoms with Crippen LogP contribution < -0.4 is 0 Å². The Balaban J connectivity index is 0. The molecule has 1 rings (SSSR count). The minimum atomic E-state index is -0.809. The Morgan fingerprint density at radius 1 is 0.600 bits per heavy atom. The lowest BCUT2D eigenvalue weighted by molar-refractivity contribution is 1.07. The molecule has 0 radical (unpaired) electrons. The van der Waals surface area contributed by atoms with E-state index in [0.717, 1.165) is 0 Å². The Kier molecular flexibility index (Phi) is 12.3. The highest BCUT2D eigenvalue weighted by Gasteiger charge is 2.12. The Morgan fingerprint density at radius 3 is 0.950 bits per heavy atom. The van der Waals surface area contributed by atoms with E-state index in [9.17, 15) is 0 Å². The molecule has 0 aliphatic heterocycles. The van der Waals surface area contributed by atoms with Gasteiger partial charge in [0.05, 0.1) is 24.3 Å². The number of nitrogens with zero attached hydrogens (tertiary/aromatic N) is 4. The molecule has 0 unspecified atom stereocenters. The van der Waals surface area contributed by atoms with E-state index >= 15 is 0 Å². The summed E-state index contributed by atoms with van der Waals surface area (Å²) < 4.78 is 0. The predicted octanol–water partition coefficient (Wildman–Crippen LogP) is 4.00. The Labute approximate surface area is 121 Å². The first-order chi connectivity index (χ1) is 9.76. The standard InChI is InChI=1S/C12H6N4.2C2H6/c13-5-11(6-14)9-1-2-10(4-3-9)12(7-15)8-16;2*1-2/h1-4,11-12H;2*1-2H3. The quantitative estimate of drug-likeness (QED) is 0.808. The van der Waals surface area contributed by atoms with Crippen LogP contribution in [0.5, 0.6) is 0 Å². The summed E-state index contributed by atoms with van der Waals surface area (Å²) >= 11 is 0. The number of hydrogen-bond donors (Lipinski definition) is 0. The third-order valence-corrected chi connectivity index (χ3v) is 2.12. The fourth-order valence-corrected chi connectivity index (χ4v) is 1.24. The maximum atomic E-state index is 8.67. The van der Waals surface area contributed by atoms with Crippen molar-refractivity contribution in [3.05, 3.63) is 35.4 Å². The van der Waals surface area contributed by atoms with Crippen LogP contribution in [-0.4, -0.2) is 0 Å². The van der Waals surface area contributed by atoms with E-state index in [1.165, 1.54) is 0 Å². The third kappa shape index (κ3) is 5.68. The van der Waals surface area contributed by atoms with E-state index in [1.807, 2.05) is 52.0 Å². The van der Waals surface area contributed by atoms with Crippen LogP contribution in [0.3, 0.4) is 0 Å². The topological polar surface area (TPSA) is 95.2 Å². The zero-order valence-corrected chi connectivity index (χ0v) is 12.3. The van der Waals surface area contributed by atoms with Crippen molar-refractivity contribution in [1.29, 1.82) is 21.0 Å². The van der Waals surface area contributed by atoms with Gasteiger partial charge < -0.3 is 0 Å². The molecule has 0 saturated carbocycles. The number of benzene rings is 1. The summed E-state index contributed by atoms with van der Waals surface area (Å²) in [6.07, 6.45) is 0. The lowest BCUT2D eigenvalue weighted by Gasteiger charge is -2.03. The zero-order chi connectivity index (χ0) is 16.0. The first kappa shape index (κ1) is 19.5. The zero-order valence-electron chi connectivity index (χ0n) is 12.3. The summed E-state index contributed by atoms with van der Waals surface area (Å²) in [5, 5.41) is 34.7. The molecule has 1 aromatic carbocycles. The molecular weight excluding hydrogens is 248 g/mol. The summed E-state index contributed by atoms with van der Waals surface area (Å²) in [5.41, 5.74) is 1.15. The summed E-state index contributed by atoms with van der Waals surface area (Å²) in [7, 11) is 0. The molecule has 0 aliphatic rings. The van der Waals surface area contributed by atoms with Gasteiger partial charge in [0.1, 0.15) is 0 Å². The molecule has 0 atom stereocenters. The molecule has 4 nitrogen and oxygen atoms in total. The molecule has 0 heterocycles. The molecule has 4 heteroatoms. The molecule has 0 aliphatic carbocycles. The SMILES string of the molecule is CC.CC.N#CC(C#N)c1ccc(C(C#N)C#N)cc1. The van der Waals surface area contributed by atoms with Gasteiger partial charge in [-0.05, 0) is 11.1 Å². The van der Waals surface area contributed by atoms with Crippen molar-refractivity contribution >= 4 is 0 Å². The van der Waals surface area contributed by atoms with Gasteiger partial charge in [-0.3, -0.25) is 0 Å². The summed E-state index contributed by atoms with van der Waals surface area (Å²) in [5.74, 6) is -1.62. The Morgan fingerprint density at radius 2 is 0.800 bits per heavy atom. The number of hydrogen-bond acceptors (Lipinski definition) is 4. The average molecular weight is 266 g/mol. The van der Waals surface area contributed by atoms with E-state index in [2.05, 4.69) is 0 Å². The third-order valence-electron chi connectivity index (χ3n) is 2.12. The van der Waals surface area contributed by atoms with Gasteiger partial charge in [0.25, 0.3) is 0 Å². The monoisotopic (exact) mass is 266 g/mol. The second-order valence-electron chi connectivity index (χ2n) is 3.05. The van der Waals surface area contributed by atoms with Crippen LogP contribution in [0.4, 0.5) is 0 Å². The number of rotatable bonds is 2. The predicted molar refractivity (Wildman–Crippen MR) is 77.1 cm³/mol. The van der Waals surface area contributed by atoms with E-state index in [1.54, 1.807) is 24.3 Å². The van der Waals surface area contributed by atoms with Crippen LogP contribution in [0.25, 0.3) is 0 Å². The van der Waals surface area contributed by atoms with Crippen LogP contribution in [0.2, 0.25) is 0 Å². The molecular formula is C16H18N4. The lowest BCUT2D eigenvalue weighted by Crippen LogP contribution is -1.95. The Hall–Kier alpha value is -2.82. The highest BCUT2D eigenvalue weighted by Crippen LogP contribution is 2.19. The van der Waals surface area contributed by atoms with Crippen molar-refractivity contribution in [3.63, 3.8) is 0 Å². The maximum Gasteiger partial charge on any atom is 0.158 e. The van der Waals surface area contributed by atoms with Crippen LogP contribution in [0, 0.1) is 45.3 Å². The molecule has 1 aromatic rings. The van der Waals surface area contributed by atoms with Crippen molar-refractivity contribution in [3.8, 4) is 24.3 Å². The van der Waals surface area contributed by atoms with Gasteiger partial charge in [-0.2, -0.15) is 21.0 Å². The van der Waals surface area contributed by atoms with Gasteiger partial charge >= 0.3 is 0 Å². The first-order valence-corrected chi connectivity index (χ1v) is 6.45. The van der Waals surface area contributed by atoms with E-state index in [-0.39, 0.29) is 0 Å². The highest BCUT2D eigenvalue weighted by molar-refractivity contribution is 5.38. The normalized spacial score (nSPS) is 7.70. The van der Waals surface area contributed by atoms with Crippen LogP contribution in [0.15, 0.2) is 24.3 Å². The first-order valence-electron chi connectivity index (χ1n) is 6.45. The summed E-state index contributed by atoms with van der Waals surface area (Å²) in [6, 6.07) is 13.8. The van der Waals surface area contributed by atoms with Crippen molar-refractivity contribution in [1.82, 2.24) is 0 Å². The Bertz CT molecular complexity index is 453. The second-order valence-corrected chi connectivity index (χ2v) is 3.05. The van der Waals surface area contributed by atoms with E-state index in [4.69, 9.17) is 21.0 Å². The molecule has 0 aromatic heterocycles. The summed E-state index contributed by atoms with van der Waals surface area (Å²) in [4.78, 5) is 0. The van der Waals surface area contributed by atoms with Crippen molar-refractivity contribution in [2.24, 2.45) is 0 Å². The van der Waals surface area contributed by atoms with Gasteiger partial charge in [0.2, 0.25) is 0 Å². The molecule has 0 bridgehead atoms. The van der Waals surface area contributed by atoms with Crippen molar-refractivity contribution in [2.45, 2.75) is 39.5 Å². The van der Waals surface area contributed by atoms with Crippen LogP contribution in [-0.2, 0) is 0 Å².